The number of rotatable bonds is 4. The molecule has 1 saturated heterocycles. The van der Waals surface area contributed by atoms with Crippen molar-refractivity contribution in [3.63, 3.8) is 0 Å². The van der Waals surface area contributed by atoms with Crippen molar-refractivity contribution in [2.45, 2.75) is 64.3 Å². The monoisotopic (exact) mass is 366 g/mol. The lowest BCUT2D eigenvalue weighted by atomic mass is 9.86. The number of aromatic nitrogens is 3. The maximum absolute atomic E-state index is 12.9. The number of carbonyl (C=O) groups is 1. The van der Waals surface area contributed by atoms with Crippen LogP contribution >= 0.6 is 0 Å². The van der Waals surface area contributed by atoms with Crippen LogP contribution in [0.5, 0.6) is 0 Å². The predicted octanol–water partition coefficient (Wildman–Crippen LogP) is 4.39. The number of aryl methyl sites for hydroxylation is 1. The summed E-state index contributed by atoms with van der Waals surface area (Å²) in [6.07, 6.45) is 14.9. The molecule has 1 unspecified atom stereocenters. The van der Waals surface area contributed by atoms with Crippen LogP contribution in [0, 0.1) is 12.8 Å². The van der Waals surface area contributed by atoms with Gasteiger partial charge in [-0.25, -0.2) is 4.98 Å². The zero-order valence-corrected chi connectivity index (χ0v) is 16.3. The number of pyridine rings is 1. The highest BCUT2D eigenvalue weighted by atomic mass is 16.2. The number of amides is 1. The van der Waals surface area contributed by atoms with Crippen molar-refractivity contribution in [1.29, 1.82) is 0 Å². The molecule has 0 N–H and O–H groups in total. The summed E-state index contributed by atoms with van der Waals surface area (Å²) in [7, 11) is 0. The van der Waals surface area contributed by atoms with Crippen LogP contribution in [0.1, 0.15) is 63.1 Å². The molecule has 5 heteroatoms. The van der Waals surface area contributed by atoms with Crippen LogP contribution in [-0.4, -0.2) is 38.4 Å². The SMILES string of the molecule is Cc1cnc(-c2cccnc2)n1C1CCCN(C(=O)CC2CCCCC2)C1. The number of nitrogens with zero attached hydrogens (tertiary/aromatic N) is 4. The van der Waals surface area contributed by atoms with E-state index in [9.17, 15) is 4.79 Å². The van der Waals surface area contributed by atoms with E-state index in [0.29, 0.717) is 17.9 Å². The number of piperidine rings is 1. The summed E-state index contributed by atoms with van der Waals surface area (Å²) in [6, 6.07) is 4.30. The lowest BCUT2D eigenvalue weighted by Crippen LogP contribution is -2.41. The fourth-order valence-corrected chi connectivity index (χ4v) is 4.77. The third-order valence-electron chi connectivity index (χ3n) is 6.20. The Labute approximate surface area is 161 Å². The van der Waals surface area contributed by atoms with E-state index in [0.717, 1.165) is 49.4 Å². The molecule has 2 aliphatic rings. The van der Waals surface area contributed by atoms with E-state index < -0.39 is 0 Å². The summed E-state index contributed by atoms with van der Waals surface area (Å²) in [4.78, 5) is 23.9. The maximum atomic E-state index is 12.9. The number of imidazole rings is 1. The van der Waals surface area contributed by atoms with Crippen molar-refractivity contribution in [2.24, 2.45) is 5.92 Å². The number of carbonyl (C=O) groups excluding carboxylic acids is 1. The average molecular weight is 367 g/mol. The van der Waals surface area contributed by atoms with E-state index in [4.69, 9.17) is 0 Å². The minimum absolute atomic E-state index is 0.298. The van der Waals surface area contributed by atoms with Crippen molar-refractivity contribution >= 4 is 5.91 Å². The molecule has 0 aromatic carbocycles. The molecule has 5 nitrogen and oxygen atoms in total. The standard InChI is InChI=1S/C22H30N4O/c1-17-14-24-22(19-9-5-11-23-15-19)26(17)20-10-6-12-25(16-20)21(27)13-18-7-3-2-4-8-18/h5,9,11,14-15,18,20H,2-4,6-8,10,12-13,16H2,1H3. The molecule has 1 saturated carbocycles. The normalized spacial score (nSPS) is 21.4. The Kier molecular flexibility index (Phi) is 5.55. The molecule has 1 atom stereocenters. The minimum Gasteiger partial charge on any atom is -0.341 e. The Balaban J connectivity index is 1.49. The molecule has 0 bridgehead atoms. The van der Waals surface area contributed by atoms with Crippen molar-refractivity contribution in [1.82, 2.24) is 19.4 Å². The molecule has 2 fully saturated rings. The Hall–Kier alpha value is -2.17. The molecule has 27 heavy (non-hydrogen) atoms. The van der Waals surface area contributed by atoms with Gasteiger partial charge in [-0.15, -0.1) is 0 Å². The molecule has 1 aliphatic carbocycles. The van der Waals surface area contributed by atoms with Crippen molar-refractivity contribution in [2.75, 3.05) is 13.1 Å². The van der Waals surface area contributed by atoms with E-state index in [1.165, 1.54) is 32.1 Å². The first-order valence-electron chi connectivity index (χ1n) is 10.4. The van der Waals surface area contributed by atoms with Crippen LogP contribution in [0.2, 0.25) is 0 Å². The molecule has 1 aliphatic heterocycles. The van der Waals surface area contributed by atoms with Gasteiger partial charge in [0.25, 0.3) is 0 Å². The van der Waals surface area contributed by atoms with Crippen molar-refractivity contribution < 1.29 is 4.79 Å². The summed E-state index contributed by atoms with van der Waals surface area (Å²) in [5, 5.41) is 0. The van der Waals surface area contributed by atoms with E-state index in [1.807, 2.05) is 18.5 Å². The summed E-state index contributed by atoms with van der Waals surface area (Å²) in [5.41, 5.74) is 2.19. The van der Waals surface area contributed by atoms with Gasteiger partial charge in [-0.05, 0) is 50.7 Å². The van der Waals surface area contributed by atoms with Gasteiger partial charge in [0, 0.05) is 49.4 Å². The summed E-state index contributed by atoms with van der Waals surface area (Å²) >= 11 is 0. The average Bonchev–Trinajstić information content (AvgIpc) is 3.11. The Bertz CT molecular complexity index is 764. The van der Waals surface area contributed by atoms with Crippen LogP contribution in [0.3, 0.4) is 0 Å². The quantitative estimate of drug-likeness (QED) is 0.806. The van der Waals surface area contributed by atoms with E-state index >= 15 is 0 Å². The number of likely N-dealkylation sites (tertiary alicyclic amines) is 1. The van der Waals surface area contributed by atoms with Gasteiger partial charge < -0.3 is 9.47 Å². The van der Waals surface area contributed by atoms with Gasteiger partial charge in [-0.2, -0.15) is 0 Å². The smallest absolute Gasteiger partial charge is 0.222 e. The fraction of sp³-hybridized carbons (Fsp3) is 0.591. The number of hydrogen-bond donors (Lipinski definition) is 0. The maximum Gasteiger partial charge on any atom is 0.222 e. The van der Waals surface area contributed by atoms with Crippen LogP contribution in [-0.2, 0) is 4.79 Å². The van der Waals surface area contributed by atoms with Gasteiger partial charge >= 0.3 is 0 Å². The molecule has 0 spiro atoms. The molecule has 144 valence electrons. The Morgan fingerprint density at radius 3 is 2.78 bits per heavy atom. The van der Waals surface area contributed by atoms with Gasteiger partial charge in [0.05, 0.1) is 6.04 Å². The largest absolute Gasteiger partial charge is 0.341 e. The molecule has 2 aromatic heterocycles. The third-order valence-corrected chi connectivity index (χ3v) is 6.20. The highest BCUT2D eigenvalue weighted by Gasteiger charge is 2.29. The second-order valence-electron chi connectivity index (χ2n) is 8.18. The van der Waals surface area contributed by atoms with E-state index in [2.05, 4.69) is 32.4 Å². The molecular formula is C22H30N4O. The first-order chi connectivity index (χ1) is 13.2. The molecule has 0 radical (unpaired) electrons. The van der Waals surface area contributed by atoms with E-state index in [1.54, 1.807) is 6.20 Å². The van der Waals surface area contributed by atoms with Crippen molar-refractivity contribution in [3.05, 3.63) is 36.4 Å². The highest BCUT2D eigenvalue weighted by Crippen LogP contribution is 2.31. The first kappa shape index (κ1) is 18.2. The summed E-state index contributed by atoms with van der Waals surface area (Å²) in [6.45, 7) is 3.81. The predicted molar refractivity (Wildman–Crippen MR) is 106 cm³/mol. The lowest BCUT2D eigenvalue weighted by molar-refractivity contribution is -0.134. The van der Waals surface area contributed by atoms with Gasteiger partial charge in [0.1, 0.15) is 5.82 Å². The van der Waals surface area contributed by atoms with Crippen LogP contribution < -0.4 is 0 Å². The fourth-order valence-electron chi connectivity index (χ4n) is 4.77. The summed E-state index contributed by atoms with van der Waals surface area (Å²) < 4.78 is 2.32. The Morgan fingerprint density at radius 2 is 2.00 bits per heavy atom. The van der Waals surface area contributed by atoms with E-state index in [-0.39, 0.29) is 0 Å². The summed E-state index contributed by atoms with van der Waals surface area (Å²) in [5.74, 6) is 1.92. The van der Waals surface area contributed by atoms with Gasteiger partial charge in [0.15, 0.2) is 0 Å². The van der Waals surface area contributed by atoms with Crippen LogP contribution in [0.15, 0.2) is 30.7 Å². The molecule has 1 amide bonds. The van der Waals surface area contributed by atoms with Gasteiger partial charge in [-0.1, -0.05) is 19.3 Å². The zero-order valence-electron chi connectivity index (χ0n) is 16.3. The topological polar surface area (TPSA) is 51.0 Å². The van der Waals surface area contributed by atoms with Crippen LogP contribution in [0.4, 0.5) is 0 Å². The molecular weight excluding hydrogens is 336 g/mol. The second kappa shape index (κ2) is 8.24. The molecule has 3 heterocycles. The number of hydrogen-bond acceptors (Lipinski definition) is 3. The van der Waals surface area contributed by atoms with Gasteiger partial charge in [0.2, 0.25) is 5.91 Å². The van der Waals surface area contributed by atoms with Gasteiger partial charge in [-0.3, -0.25) is 9.78 Å². The first-order valence-corrected chi connectivity index (χ1v) is 10.4. The highest BCUT2D eigenvalue weighted by molar-refractivity contribution is 5.76. The second-order valence-corrected chi connectivity index (χ2v) is 8.18. The zero-order chi connectivity index (χ0) is 18.6. The van der Waals surface area contributed by atoms with Crippen molar-refractivity contribution in [3.8, 4) is 11.4 Å². The third kappa shape index (κ3) is 4.07. The molecule has 2 aromatic rings. The Morgan fingerprint density at radius 1 is 1.15 bits per heavy atom. The minimum atomic E-state index is 0.298. The molecule has 4 rings (SSSR count). The van der Waals surface area contributed by atoms with Crippen LogP contribution in [0.25, 0.3) is 11.4 Å². The lowest BCUT2D eigenvalue weighted by Gasteiger charge is -2.36.